The monoisotopic (exact) mass is 264 g/mol. The van der Waals surface area contributed by atoms with Gasteiger partial charge in [-0.25, -0.2) is 0 Å². The molecule has 1 aromatic rings. The van der Waals surface area contributed by atoms with Crippen LogP contribution in [0.2, 0.25) is 0 Å². The highest BCUT2D eigenvalue weighted by atomic mass is 16.5. The van der Waals surface area contributed by atoms with Crippen molar-refractivity contribution in [2.24, 2.45) is 0 Å². The van der Waals surface area contributed by atoms with Crippen molar-refractivity contribution in [1.82, 2.24) is 0 Å². The Balaban J connectivity index is 1.74. The van der Waals surface area contributed by atoms with Crippen LogP contribution in [0.3, 0.4) is 0 Å². The number of hydrogen-bond acceptors (Lipinski definition) is 2. The van der Waals surface area contributed by atoms with E-state index in [0.717, 1.165) is 12.3 Å². The summed E-state index contributed by atoms with van der Waals surface area (Å²) < 4.78 is 5.64. The fraction of sp³-hybridized carbons (Fsp3) is 0.625. The van der Waals surface area contributed by atoms with Crippen LogP contribution in [0.5, 0.6) is 5.75 Å². The van der Waals surface area contributed by atoms with Gasteiger partial charge in [-0.1, -0.05) is 17.7 Å². The lowest BCUT2D eigenvalue weighted by Crippen LogP contribution is -3.17. The Morgan fingerprint density at radius 3 is 2.74 bits per heavy atom. The van der Waals surface area contributed by atoms with Gasteiger partial charge in [0.15, 0.2) is 0 Å². The summed E-state index contributed by atoms with van der Waals surface area (Å²) in [7, 11) is 0. The van der Waals surface area contributed by atoms with Crippen molar-refractivity contribution >= 4 is 0 Å². The molecule has 0 spiro atoms. The van der Waals surface area contributed by atoms with Gasteiger partial charge in [-0.2, -0.15) is 0 Å². The van der Waals surface area contributed by atoms with Crippen molar-refractivity contribution in [3.05, 3.63) is 29.8 Å². The van der Waals surface area contributed by atoms with Crippen LogP contribution in [0.25, 0.3) is 0 Å². The maximum atomic E-state index is 10.1. The first kappa shape index (κ1) is 14.4. The van der Waals surface area contributed by atoms with Crippen molar-refractivity contribution in [2.45, 2.75) is 45.3 Å². The summed E-state index contributed by atoms with van der Waals surface area (Å²) in [6.07, 6.45) is 3.52. The maximum absolute atomic E-state index is 10.1. The molecule has 1 unspecified atom stereocenters. The Kier molecular flexibility index (Phi) is 5.23. The molecular weight excluding hydrogens is 238 g/mol. The number of benzene rings is 1. The van der Waals surface area contributed by atoms with E-state index < -0.39 is 0 Å². The Morgan fingerprint density at radius 1 is 1.32 bits per heavy atom. The van der Waals surface area contributed by atoms with Gasteiger partial charge < -0.3 is 14.7 Å². The minimum absolute atomic E-state index is 0.378. The summed E-state index contributed by atoms with van der Waals surface area (Å²) in [5, 5.41) is 10.1. The fourth-order valence-electron chi connectivity index (χ4n) is 2.74. The Hall–Kier alpha value is -1.06. The zero-order valence-corrected chi connectivity index (χ0v) is 12.1. The van der Waals surface area contributed by atoms with Gasteiger partial charge >= 0.3 is 0 Å². The van der Waals surface area contributed by atoms with E-state index in [0.29, 0.717) is 12.6 Å². The highest BCUT2D eigenvalue weighted by Crippen LogP contribution is 2.11. The molecule has 3 heteroatoms. The van der Waals surface area contributed by atoms with Crippen LogP contribution >= 0.6 is 0 Å². The molecule has 0 aliphatic carbocycles. The highest BCUT2D eigenvalue weighted by Gasteiger charge is 2.24. The molecule has 3 atom stereocenters. The minimum Gasteiger partial charge on any atom is -0.491 e. The van der Waals surface area contributed by atoms with Gasteiger partial charge in [-0.05, 0) is 45.2 Å². The van der Waals surface area contributed by atoms with Gasteiger partial charge in [0.25, 0.3) is 0 Å². The quantitative estimate of drug-likeness (QED) is 0.838. The molecule has 0 saturated carbocycles. The Labute approximate surface area is 116 Å². The molecule has 1 saturated heterocycles. The predicted molar refractivity (Wildman–Crippen MR) is 76.7 cm³/mol. The lowest BCUT2D eigenvalue weighted by molar-refractivity contribution is -0.931. The SMILES string of the molecule is Cc1ccc(OC[C@H](O)C[NH+]2CCCC[C@@H]2C)cc1. The number of rotatable bonds is 5. The van der Waals surface area contributed by atoms with E-state index in [4.69, 9.17) is 4.74 Å². The lowest BCUT2D eigenvalue weighted by atomic mass is 10.0. The second kappa shape index (κ2) is 6.92. The van der Waals surface area contributed by atoms with Crippen LogP contribution in [0.15, 0.2) is 24.3 Å². The number of aliphatic hydroxyl groups is 1. The number of hydrogen-bond donors (Lipinski definition) is 2. The molecule has 1 aliphatic heterocycles. The van der Waals surface area contributed by atoms with E-state index in [9.17, 15) is 5.11 Å². The van der Waals surface area contributed by atoms with Crippen molar-refractivity contribution in [2.75, 3.05) is 19.7 Å². The maximum Gasteiger partial charge on any atom is 0.137 e. The first-order valence-corrected chi connectivity index (χ1v) is 7.37. The van der Waals surface area contributed by atoms with Crippen LogP contribution in [0.1, 0.15) is 31.7 Å². The zero-order valence-electron chi connectivity index (χ0n) is 12.1. The third-order valence-electron chi connectivity index (χ3n) is 4.04. The molecule has 1 aliphatic rings. The fourth-order valence-corrected chi connectivity index (χ4v) is 2.74. The first-order chi connectivity index (χ1) is 9.15. The predicted octanol–water partition coefficient (Wildman–Crippen LogP) is 1.19. The number of aliphatic hydroxyl groups excluding tert-OH is 1. The Morgan fingerprint density at radius 2 is 2.05 bits per heavy atom. The first-order valence-electron chi connectivity index (χ1n) is 7.37. The molecule has 0 amide bonds. The summed E-state index contributed by atoms with van der Waals surface area (Å²) in [4.78, 5) is 1.52. The molecular formula is C16H26NO2+. The van der Waals surface area contributed by atoms with Crippen LogP contribution in [-0.2, 0) is 0 Å². The van der Waals surface area contributed by atoms with Crippen molar-refractivity contribution in [3.63, 3.8) is 0 Å². The van der Waals surface area contributed by atoms with E-state index in [-0.39, 0.29) is 6.10 Å². The summed E-state index contributed by atoms with van der Waals surface area (Å²) in [5.41, 5.74) is 1.22. The van der Waals surface area contributed by atoms with E-state index in [1.165, 1.54) is 36.3 Å². The standard InChI is InChI=1S/C16H25NO2/c1-13-6-8-16(9-7-13)19-12-15(18)11-17-10-4-3-5-14(17)2/h6-9,14-15,18H,3-5,10-12H2,1-2H3/p+1/t14-,15+/m0/s1. The smallest absolute Gasteiger partial charge is 0.137 e. The third kappa shape index (κ3) is 4.51. The van der Waals surface area contributed by atoms with Crippen LogP contribution in [0.4, 0.5) is 0 Å². The van der Waals surface area contributed by atoms with E-state index in [1.54, 1.807) is 0 Å². The van der Waals surface area contributed by atoms with Gasteiger partial charge in [-0.15, -0.1) is 0 Å². The molecule has 2 rings (SSSR count). The highest BCUT2D eigenvalue weighted by molar-refractivity contribution is 5.26. The molecule has 0 aromatic heterocycles. The molecule has 2 N–H and O–H groups in total. The van der Waals surface area contributed by atoms with Crippen molar-refractivity contribution < 1.29 is 14.7 Å². The molecule has 106 valence electrons. The topological polar surface area (TPSA) is 33.9 Å². The van der Waals surface area contributed by atoms with Crippen molar-refractivity contribution in [3.8, 4) is 5.75 Å². The largest absolute Gasteiger partial charge is 0.491 e. The molecule has 1 fully saturated rings. The van der Waals surface area contributed by atoms with Crippen LogP contribution < -0.4 is 9.64 Å². The molecule has 1 heterocycles. The second-order valence-corrected chi connectivity index (χ2v) is 5.79. The van der Waals surface area contributed by atoms with Crippen molar-refractivity contribution in [1.29, 1.82) is 0 Å². The number of likely N-dealkylation sites (tertiary alicyclic amines) is 1. The Bertz CT molecular complexity index is 377. The van der Waals surface area contributed by atoms with Gasteiger partial charge in [-0.3, -0.25) is 0 Å². The van der Waals surface area contributed by atoms with Gasteiger partial charge in [0.05, 0.1) is 12.6 Å². The average Bonchev–Trinajstić information content (AvgIpc) is 2.41. The second-order valence-electron chi connectivity index (χ2n) is 5.79. The summed E-state index contributed by atoms with van der Waals surface area (Å²) in [5.74, 6) is 0.839. The normalized spacial score (nSPS) is 25.0. The molecule has 0 radical (unpaired) electrons. The minimum atomic E-state index is -0.378. The summed E-state index contributed by atoms with van der Waals surface area (Å²) in [6, 6.07) is 8.64. The molecule has 19 heavy (non-hydrogen) atoms. The number of quaternary nitrogens is 1. The van der Waals surface area contributed by atoms with Crippen LogP contribution in [-0.4, -0.2) is 36.9 Å². The van der Waals surface area contributed by atoms with E-state index in [2.05, 4.69) is 13.8 Å². The summed E-state index contributed by atoms with van der Waals surface area (Å²) in [6.45, 7) is 6.71. The van der Waals surface area contributed by atoms with Crippen LogP contribution in [0, 0.1) is 6.92 Å². The average molecular weight is 264 g/mol. The number of piperidine rings is 1. The lowest BCUT2D eigenvalue weighted by Gasteiger charge is -2.31. The van der Waals surface area contributed by atoms with Gasteiger partial charge in [0.1, 0.15) is 25.0 Å². The van der Waals surface area contributed by atoms with E-state index in [1.807, 2.05) is 24.3 Å². The van der Waals surface area contributed by atoms with Gasteiger partial charge in [0, 0.05) is 0 Å². The van der Waals surface area contributed by atoms with E-state index >= 15 is 0 Å². The van der Waals surface area contributed by atoms with Gasteiger partial charge in [0.2, 0.25) is 0 Å². The molecule has 1 aromatic carbocycles. The number of nitrogens with one attached hydrogen (secondary N) is 1. The molecule has 0 bridgehead atoms. The third-order valence-corrected chi connectivity index (χ3v) is 4.04. The molecule has 3 nitrogen and oxygen atoms in total. The zero-order chi connectivity index (χ0) is 13.7. The number of ether oxygens (including phenoxy) is 1. The number of aryl methyl sites for hydroxylation is 1. The summed E-state index contributed by atoms with van der Waals surface area (Å²) >= 11 is 0.